The summed E-state index contributed by atoms with van der Waals surface area (Å²) in [5.41, 5.74) is 1.39. The number of benzene rings is 2. The number of rotatable bonds is 7. The minimum absolute atomic E-state index is 0.104. The lowest BCUT2D eigenvalue weighted by Gasteiger charge is -2.25. The minimum Gasteiger partial charge on any atom is -0.758 e. The first-order chi connectivity index (χ1) is 17.4. The second kappa shape index (κ2) is 9.83. The van der Waals surface area contributed by atoms with Crippen molar-refractivity contribution in [2.75, 3.05) is 12.1 Å². The molecule has 0 aliphatic rings. The molecule has 2 heterocycles. The molecule has 194 valence electrons. The van der Waals surface area contributed by atoms with E-state index >= 15 is 0 Å². The number of halogens is 1. The molecular weight excluding hydrogens is 499 g/mol. The lowest BCUT2D eigenvalue weighted by molar-refractivity contribution is 0.0973. The Morgan fingerprint density at radius 3 is 2.57 bits per heavy atom. The van der Waals surface area contributed by atoms with Gasteiger partial charge in [-0.15, -0.1) is 0 Å². The number of amides is 1. The summed E-state index contributed by atoms with van der Waals surface area (Å²) in [5, 5.41) is 12.0. The van der Waals surface area contributed by atoms with E-state index in [9.17, 15) is 27.6 Å². The Hall–Kier alpha value is -3.96. The van der Waals surface area contributed by atoms with Crippen molar-refractivity contribution in [3.8, 4) is 11.1 Å². The number of anilines is 1. The molecule has 0 bridgehead atoms. The number of nitrogens with one attached hydrogen (secondary N) is 2. The SMILES string of the molecule is Cc1ccc2c(c1)c(-c1ccc[nH]c1=O)c(C(=O)NS(=O)(=O)C(C)C)n2Cc1cc(N(C)[O-])ccc1F. The van der Waals surface area contributed by atoms with Gasteiger partial charge in [0.1, 0.15) is 11.5 Å². The Balaban J connectivity index is 2.07. The molecule has 2 aromatic carbocycles. The minimum atomic E-state index is -4.04. The second-order valence-electron chi connectivity index (χ2n) is 9.04. The standard InChI is InChI=1S/C26H26FN4O5S/c1-15(2)37(35,36)29-26(33)24-23(19-6-5-11-28-25(19)32)20-12-16(3)7-10-22(20)31(24)14-17-13-18(30(4)34)8-9-21(17)27/h5-13,15H,14H2,1-4H3,(H,28,32)(H,29,33)/q-1. The molecule has 0 aliphatic carbocycles. The Morgan fingerprint density at radius 2 is 1.92 bits per heavy atom. The van der Waals surface area contributed by atoms with E-state index in [1.54, 1.807) is 24.3 Å². The lowest BCUT2D eigenvalue weighted by Crippen LogP contribution is -2.37. The van der Waals surface area contributed by atoms with Gasteiger partial charge in [-0.3, -0.25) is 9.59 Å². The van der Waals surface area contributed by atoms with E-state index in [4.69, 9.17) is 0 Å². The number of aromatic amines is 1. The van der Waals surface area contributed by atoms with Crippen LogP contribution in [-0.2, 0) is 16.6 Å². The topological polar surface area (TPSA) is 127 Å². The Morgan fingerprint density at radius 1 is 1.19 bits per heavy atom. The van der Waals surface area contributed by atoms with Crippen LogP contribution in [0.1, 0.15) is 35.5 Å². The Kier molecular flexibility index (Phi) is 6.94. The van der Waals surface area contributed by atoms with Crippen LogP contribution in [0.3, 0.4) is 0 Å². The van der Waals surface area contributed by atoms with Crippen LogP contribution in [-0.4, -0.2) is 36.2 Å². The molecule has 37 heavy (non-hydrogen) atoms. The third kappa shape index (κ3) is 5.00. The molecule has 0 atom stereocenters. The zero-order chi connectivity index (χ0) is 27.1. The highest BCUT2D eigenvalue weighted by atomic mass is 32.2. The van der Waals surface area contributed by atoms with Gasteiger partial charge in [0.2, 0.25) is 10.0 Å². The van der Waals surface area contributed by atoms with E-state index in [0.717, 1.165) is 11.6 Å². The predicted molar refractivity (Wildman–Crippen MR) is 142 cm³/mol. The molecule has 0 aliphatic heterocycles. The van der Waals surface area contributed by atoms with Crippen molar-refractivity contribution < 1.29 is 17.6 Å². The zero-order valence-electron chi connectivity index (χ0n) is 20.7. The van der Waals surface area contributed by atoms with Crippen molar-refractivity contribution in [3.05, 3.63) is 92.9 Å². The molecule has 11 heteroatoms. The molecule has 0 saturated carbocycles. The number of aromatic nitrogens is 2. The van der Waals surface area contributed by atoms with Gasteiger partial charge >= 0.3 is 0 Å². The highest BCUT2D eigenvalue weighted by molar-refractivity contribution is 7.90. The van der Waals surface area contributed by atoms with Crippen molar-refractivity contribution in [1.29, 1.82) is 0 Å². The van der Waals surface area contributed by atoms with Gasteiger partial charge in [0.15, 0.2) is 0 Å². The predicted octanol–water partition coefficient (Wildman–Crippen LogP) is 3.89. The van der Waals surface area contributed by atoms with E-state index in [2.05, 4.69) is 9.71 Å². The fourth-order valence-corrected chi connectivity index (χ4v) is 4.69. The first-order valence-corrected chi connectivity index (χ1v) is 13.0. The zero-order valence-corrected chi connectivity index (χ0v) is 21.5. The first kappa shape index (κ1) is 26.1. The Bertz CT molecular complexity index is 1670. The number of nitrogens with zero attached hydrogens (tertiary/aromatic N) is 2. The maximum Gasteiger partial charge on any atom is 0.282 e. The van der Waals surface area contributed by atoms with Gasteiger partial charge in [0, 0.05) is 39.5 Å². The molecule has 2 N–H and O–H groups in total. The highest BCUT2D eigenvalue weighted by Gasteiger charge is 2.29. The molecule has 0 unspecified atom stereocenters. The van der Waals surface area contributed by atoms with Crippen molar-refractivity contribution in [1.82, 2.24) is 14.3 Å². The monoisotopic (exact) mass is 525 g/mol. The average molecular weight is 526 g/mol. The summed E-state index contributed by atoms with van der Waals surface area (Å²) in [6, 6.07) is 12.3. The molecule has 0 spiro atoms. The van der Waals surface area contributed by atoms with Crippen LogP contribution in [0, 0.1) is 17.9 Å². The van der Waals surface area contributed by atoms with Crippen LogP contribution in [0.2, 0.25) is 0 Å². The molecule has 2 aromatic heterocycles. The summed E-state index contributed by atoms with van der Waals surface area (Å²) < 4.78 is 43.7. The second-order valence-corrected chi connectivity index (χ2v) is 11.3. The number of aryl methyl sites for hydroxylation is 1. The summed E-state index contributed by atoms with van der Waals surface area (Å²) in [7, 11) is -2.76. The number of pyridine rings is 1. The Labute approximate surface area is 213 Å². The van der Waals surface area contributed by atoms with E-state index in [1.165, 1.54) is 49.9 Å². The fourth-order valence-electron chi connectivity index (χ4n) is 4.10. The molecule has 9 nitrogen and oxygen atoms in total. The van der Waals surface area contributed by atoms with E-state index < -0.39 is 32.6 Å². The van der Waals surface area contributed by atoms with Gasteiger partial charge in [0.25, 0.3) is 11.5 Å². The molecule has 0 radical (unpaired) electrons. The number of hydrogen-bond donors (Lipinski definition) is 2. The van der Waals surface area contributed by atoms with Crippen LogP contribution in [0.15, 0.2) is 59.5 Å². The summed E-state index contributed by atoms with van der Waals surface area (Å²) in [4.78, 5) is 29.0. The quantitative estimate of drug-likeness (QED) is 0.353. The number of hydroxylamine groups is 1. The van der Waals surface area contributed by atoms with E-state index in [-0.39, 0.29) is 34.6 Å². The smallest absolute Gasteiger partial charge is 0.282 e. The maximum absolute atomic E-state index is 14.9. The van der Waals surface area contributed by atoms with E-state index in [1.807, 2.05) is 6.92 Å². The first-order valence-electron chi connectivity index (χ1n) is 11.5. The molecule has 4 rings (SSSR count). The molecule has 4 aromatic rings. The largest absolute Gasteiger partial charge is 0.758 e. The number of carbonyl (C=O) groups is 1. The normalized spacial score (nSPS) is 11.8. The molecule has 1 amide bonds. The summed E-state index contributed by atoms with van der Waals surface area (Å²) in [6.07, 6.45) is 1.44. The number of H-pyrrole nitrogens is 1. The number of fused-ring (bicyclic) bond motifs is 1. The maximum atomic E-state index is 14.9. The number of carbonyl (C=O) groups excluding carboxylic acids is 1. The summed E-state index contributed by atoms with van der Waals surface area (Å²) >= 11 is 0. The van der Waals surface area contributed by atoms with Crippen molar-refractivity contribution in [3.63, 3.8) is 0 Å². The van der Waals surface area contributed by atoms with Crippen LogP contribution in [0.4, 0.5) is 10.1 Å². The van der Waals surface area contributed by atoms with Crippen LogP contribution >= 0.6 is 0 Å². The summed E-state index contributed by atoms with van der Waals surface area (Å²) in [6.45, 7) is 4.49. The van der Waals surface area contributed by atoms with Crippen LogP contribution < -0.4 is 15.3 Å². The van der Waals surface area contributed by atoms with Crippen LogP contribution in [0.25, 0.3) is 22.0 Å². The van der Waals surface area contributed by atoms with E-state index in [0.29, 0.717) is 16.0 Å². The van der Waals surface area contributed by atoms with Crippen molar-refractivity contribution >= 4 is 32.5 Å². The van der Waals surface area contributed by atoms with Gasteiger partial charge in [-0.25, -0.2) is 17.5 Å². The summed E-state index contributed by atoms with van der Waals surface area (Å²) in [5.74, 6) is -1.57. The van der Waals surface area contributed by atoms with Gasteiger partial charge in [-0.05, 0) is 70.3 Å². The highest BCUT2D eigenvalue weighted by Crippen LogP contribution is 2.35. The van der Waals surface area contributed by atoms with Gasteiger partial charge in [-0.2, -0.15) is 0 Å². The molecular formula is C26H26FN4O5S-. The van der Waals surface area contributed by atoms with Crippen molar-refractivity contribution in [2.24, 2.45) is 0 Å². The van der Waals surface area contributed by atoms with Gasteiger partial charge < -0.3 is 19.8 Å². The fraction of sp³-hybridized carbons (Fsp3) is 0.231. The third-order valence-corrected chi connectivity index (χ3v) is 7.81. The van der Waals surface area contributed by atoms with Gasteiger partial charge in [0.05, 0.1) is 11.8 Å². The molecule has 0 fully saturated rings. The number of sulfonamides is 1. The average Bonchev–Trinajstić information content (AvgIpc) is 3.13. The van der Waals surface area contributed by atoms with Crippen molar-refractivity contribution in [2.45, 2.75) is 32.6 Å². The van der Waals surface area contributed by atoms with Gasteiger partial charge in [-0.1, -0.05) is 11.6 Å². The lowest BCUT2D eigenvalue weighted by atomic mass is 10.0. The molecule has 0 saturated heterocycles. The third-order valence-electron chi connectivity index (χ3n) is 6.10. The van der Waals surface area contributed by atoms with Crippen LogP contribution in [0.5, 0.6) is 0 Å². The number of hydrogen-bond acceptors (Lipinski definition) is 6.